The van der Waals surface area contributed by atoms with Gasteiger partial charge < -0.3 is 14.8 Å². The second-order valence-corrected chi connectivity index (χ2v) is 8.87. The number of amides is 1. The molecule has 4 rings (SSSR count). The minimum absolute atomic E-state index is 0.151. The molecule has 9 nitrogen and oxygen atoms in total. The highest BCUT2D eigenvalue weighted by molar-refractivity contribution is 6.22. The first-order valence-electron chi connectivity index (χ1n) is 11.9. The number of aromatic nitrogens is 4. The zero-order valence-electron chi connectivity index (χ0n) is 20.3. The predicted octanol–water partition coefficient (Wildman–Crippen LogP) is 3.74. The van der Waals surface area contributed by atoms with E-state index >= 15 is 0 Å². The first kappa shape index (κ1) is 24.3. The Morgan fingerprint density at radius 1 is 1.00 bits per heavy atom. The fourth-order valence-electron chi connectivity index (χ4n) is 4.34. The molecular formula is C26H31N5O4. The molecule has 0 spiro atoms. The van der Waals surface area contributed by atoms with E-state index in [1.54, 1.807) is 7.11 Å². The van der Waals surface area contributed by atoms with Crippen molar-refractivity contribution in [1.29, 1.82) is 0 Å². The number of carbonyl (C=O) groups excluding carboxylic acids is 1. The number of nitrogens with one attached hydrogen (secondary N) is 2. The Hall–Kier alpha value is -3.88. The third-order valence-electron chi connectivity index (χ3n) is 6.30. The van der Waals surface area contributed by atoms with Crippen LogP contribution < -0.4 is 20.5 Å². The molecule has 0 aliphatic carbocycles. The maximum absolute atomic E-state index is 13.4. The highest BCUT2D eigenvalue weighted by atomic mass is 16.5. The summed E-state index contributed by atoms with van der Waals surface area (Å²) in [6, 6.07) is 15.2. The number of tetrazole rings is 1. The van der Waals surface area contributed by atoms with Gasteiger partial charge in [-0.3, -0.25) is 4.79 Å². The molecule has 0 unspecified atom stereocenters. The molecule has 9 heteroatoms. The van der Waals surface area contributed by atoms with Crippen molar-refractivity contribution >= 4 is 17.2 Å². The van der Waals surface area contributed by atoms with E-state index in [9.17, 15) is 9.59 Å². The molecule has 0 bridgehead atoms. The number of carbonyl (C=O) groups is 1. The summed E-state index contributed by atoms with van der Waals surface area (Å²) in [5.74, 6) is 1.09. The Kier molecular flexibility index (Phi) is 7.33. The average molecular weight is 478 g/mol. The molecule has 0 saturated carbocycles. The molecule has 0 fully saturated rings. The minimum atomic E-state index is -0.706. The van der Waals surface area contributed by atoms with Crippen molar-refractivity contribution in [3.63, 3.8) is 0 Å². The highest BCUT2D eigenvalue weighted by Gasteiger charge is 2.39. The summed E-state index contributed by atoms with van der Waals surface area (Å²) in [6.07, 6.45) is 5.04. The maximum atomic E-state index is 13.4. The van der Waals surface area contributed by atoms with E-state index in [0.717, 1.165) is 34.4 Å². The summed E-state index contributed by atoms with van der Waals surface area (Å²) in [7, 11) is 1.60. The van der Waals surface area contributed by atoms with Crippen molar-refractivity contribution < 1.29 is 14.3 Å². The van der Waals surface area contributed by atoms with Crippen molar-refractivity contribution in [1.82, 2.24) is 25.5 Å². The molecule has 1 aromatic heterocycles. The molecule has 1 aliphatic rings. The summed E-state index contributed by atoms with van der Waals surface area (Å²) in [5, 5.41) is 12.7. The van der Waals surface area contributed by atoms with Crippen LogP contribution in [0.2, 0.25) is 0 Å². The van der Waals surface area contributed by atoms with Crippen molar-refractivity contribution in [2.45, 2.75) is 51.5 Å². The summed E-state index contributed by atoms with van der Waals surface area (Å²) in [6.45, 7) is 4.84. The van der Waals surface area contributed by atoms with Gasteiger partial charge in [-0.1, -0.05) is 50.5 Å². The molecule has 1 aliphatic heterocycles. The van der Waals surface area contributed by atoms with Gasteiger partial charge in [0, 0.05) is 6.42 Å². The largest absolute Gasteiger partial charge is 0.497 e. The van der Waals surface area contributed by atoms with Crippen LogP contribution in [-0.4, -0.2) is 39.8 Å². The third kappa shape index (κ3) is 5.29. The SMILES string of the molecule is CCCCCCOc1ccc([C@]2(C)CC(c3ccc(OC)cc3)=C(n3nn[nH]c3=O)C(=O)N2)cc1. The number of nitrogens with zero attached hydrogens (tertiary/aromatic N) is 3. The lowest BCUT2D eigenvalue weighted by Gasteiger charge is -2.37. The van der Waals surface area contributed by atoms with Crippen molar-refractivity contribution in [3.8, 4) is 11.5 Å². The van der Waals surface area contributed by atoms with Gasteiger partial charge in [-0.25, -0.2) is 9.89 Å². The number of hydrogen-bond donors (Lipinski definition) is 2. The lowest BCUT2D eigenvalue weighted by atomic mass is 9.80. The molecule has 2 N–H and O–H groups in total. The predicted molar refractivity (Wildman–Crippen MR) is 133 cm³/mol. The third-order valence-corrected chi connectivity index (χ3v) is 6.30. The minimum Gasteiger partial charge on any atom is -0.497 e. The van der Waals surface area contributed by atoms with E-state index in [0.29, 0.717) is 24.4 Å². The van der Waals surface area contributed by atoms with E-state index in [1.807, 2.05) is 55.5 Å². The molecule has 3 aromatic rings. The average Bonchev–Trinajstić information content (AvgIpc) is 3.29. The van der Waals surface area contributed by atoms with Gasteiger partial charge in [0.05, 0.1) is 19.3 Å². The number of benzene rings is 2. The zero-order chi connectivity index (χ0) is 24.8. The summed E-state index contributed by atoms with van der Waals surface area (Å²) >= 11 is 0. The van der Waals surface area contributed by atoms with E-state index < -0.39 is 17.1 Å². The van der Waals surface area contributed by atoms with Crippen LogP contribution in [-0.2, 0) is 10.3 Å². The van der Waals surface area contributed by atoms with Crippen LogP contribution in [0.4, 0.5) is 0 Å². The van der Waals surface area contributed by atoms with E-state index in [4.69, 9.17) is 9.47 Å². The Morgan fingerprint density at radius 3 is 2.34 bits per heavy atom. The number of H-pyrrole nitrogens is 1. The second-order valence-electron chi connectivity index (χ2n) is 8.87. The number of methoxy groups -OCH3 is 1. The Bertz CT molecular complexity index is 1240. The van der Waals surface area contributed by atoms with Crippen LogP contribution in [0.25, 0.3) is 11.3 Å². The number of ether oxygens (including phenoxy) is 2. The lowest BCUT2D eigenvalue weighted by Crippen LogP contribution is -2.49. The molecule has 2 aromatic carbocycles. The highest BCUT2D eigenvalue weighted by Crippen LogP contribution is 2.40. The van der Waals surface area contributed by atoms with E-state index in [1.165, 1.54) is 12.8 Å². The first-order valence-corrected chi connectivity index (χ1v) is 11.9. The molecule has 184 valence electrons. The Labute approximate surface area is 204 Å². The fraction of sp³-hybridized carbons (Fsp3) is 0.385. The van der Waals surface area contributed by atoms with Crippen LogP contribution in [0, 0.1) is 0 Å². The van der Waals surface area contributed by atoms with E-state index in [2.05, 4.69) is 27.8 Å². The van der Waals surface area contributed by atoms with Crippen LogP contribution in [0.1, 0.15) is 57.1 Å². The first-order chi connectivity index (χ1) is 16.9. The number of hydrogen-bond acceptors (Lipinski definition) is 6. The second kappa shape index (κ2) is 10.6. The molecule has 1 amide bonds. The molecular weight excluding hydrogens is 446 g/mol. The molecule has 1 atom stereocenters. The monoisotopic (exact) mass is 477 g/mol. The molecule has 2 heterocycles. The number of rotatable bonds is 10. The van der Waals surface area contributed by atoms with Gasteiger partial charge in [-0.2, -0.15) is 4.68 Å². The number of unbranched alkanes of at least 4 members (excludes halogenated alkanes) is 3. The van der Waals surface area contributed by atoms with Gasteiger partial charge in [0.15, 0.2) is 0 Å². The topological polar surface area (TPSA) is 111 Å². The molecule has 0 radical (unpaired) electrons. The van der Waals surface area contributed by atoms with Crippen LogP contribution in [0.5, 0.6) is 11.5 Å². The number of aromatic amines is 1. The Balaban J connectivity index is 1.64. The van der Waals surface area contributed by atoms with Crippen LogP contribution in [0.15, 0.2) is 53.3 Å². The standard InChI is InChI=1S/C26H31N5O4/c1-4-5-6-7-16-35-21-14-10-19(11-15-21)26(2)17-22(18-8-12-20(34-3)13-9-18)23(24(32)27-26)31-25(33)28-29-30-31/h8-15H,4-7,16-17H2,1-3H3,(H,27,32)(H,28,30,33)/t26-/m0/s1. The summed E-state index contributed by atoms with van der Waals surface area (Å²) < 4.78 is 12.2. The van der Waals surface area contributed by atoms with Crippen molar-refractivity contribution in [2.75, 3.05) is 13.7 Å². The van der Waals surface area contributed by atoms with Gasteiger partial charge in [0.2, 0.25) is 0 Å². The van der Waals surface area contributed by atoms with Crippen molar-refractivity contribution in [2.24, 2.45) is 0 Å². The zero-order valence-corrected chi connectivity index (χ0v) is 20.3. The van der Waals surface area contributed by atoms with Gasteiger partial charge >= 0.3 is 5.69 Å². The summed E-state index contributed by atoms with van der Waals surface area (Å²) in [5.41, 5.74) is 1.28. The smallest absolute Gasteiger partial charge is 0.366 e. The normalized spacial score (nSPS) is 17.9. The summed E-state index contributed by atoms with van der Waals surface area (Å²) in [4.78, 5) is 25.7. The van der Waals surface area contributed by atoms with Gasteiger partial charge in [-0.05, 0) is 64.7 Å². The molecule has 35 heavy (non-hydrogen) atoms. The molecule has 0 saturated heterocycles. The van der Waals surface area contributed by atoms with Crippen LogP contribution >= 0.6 is 0 Å². The van der Waals surface area contributed by atoms with Gasteiger partial charge in [-0.15, -0.1) is 0 Å². The maximum Gasteiger partial charge on any atom is 0.366 e. The van der Waals surface area contributed by atoms with Gasteiger partial charge in [0.1, 0.15) is 17.2 Å². The lowest BCUT2D eigenvalue weighted by molar-refractivity contribution is -0.118. The quantitative estimate of drug-likeness (QED) is 0.431. The van der Waals surface area contributed by atoms with Crippen LogP contribution in [0.3, 0.4) is 0 Å². The van der Waals surface area contributed by atoms with E-state index in [-0.39, 0.29) is 5.70 Å². The Morgan fingerprint density at radius 2 is 1.71 bits per heavy atom. The van der Waals surface area contributed by atoms with Gasteiger partial charge in [0.25, 0.3) is 5.91 Å². The fourth-order valence-corrected chi connectivity index (χ4v) is 4.34. The van der Waals surface area contributed by atoms with Crippen molar-refractivity contribution in [3.05, 3.63) is 70.1 Å².